The van der Waals surface area contributed by atoms with Crippen molar-refractivity contribution in [3.63, 3.8) is 0 Å². The first-order valence-electron chi connectivity index (χ1n) is 5.68. The second kappa shape index (κ2) is 5.19. The summed E-state index contributed by atoms with van der Waals surface area (Å²) in [7, 11) is 0. The third kappa shape index (κ3) is 4.87. The molecular weight excluding hydrogens is 203 g/mol. The van der Waals surface area contributed by atoms with Crippen LogP contribution in [0.15, 0.2) is 0 Å². The molecule has 0 bridgehead atoms. The second-order valence-electron chi connectivity index (χ2n) is 4.85. The van der Waals surface area contributed by atoms with Gasteiger partial charge in [0.25, 0.3) is 0 Å². The van der Waals surface area contributed by atoms with Gasteiger partial charge in [0.1, 0.15) is 0 Å². The number of halogens is 3. The van der Waals surface area contributed by atoms with Crippen LogP contribution in [0.25, 0.3) is 0 Å². The Kier molecular flexibility index (Phi) is 4.44. The molecule has 0 saturated heterocycles. The molecule has 1 N–H and O–H groups in total. The van der Waals surface area contributed by atoms with Crippen LogP contribution in [0.2, 0.25) is 0 Å². The van der Waals surface area contributed by atoms with Crippen LogP contribution >= 0.6 is 0 Å². The Morgan fingerprint density at radius 3 is 2.07 bits per heavy atom. The highest BCUT2D eigenvalue weighted by atomic mass is 19.4. The number of hydrogen-bond donors (Lipinski definition) is 1. The fraction of sp³-hybridized carbons (Fsp3) is 1.00. The predicted molar refractivity (Wildman–Crippen MR) is 54.6 cm³/mol. The summed E-state index contributed by atoms with van der Waals surface area (Å²) in [5.74, 6) is 1.36. The predicted octanol–water partition coefficient (Wildman–Crippen LogP) is 3.35. The van der Waals surface area contributed by atoms with Crippen molar-refractivity contribution in [2.45, 2.75) is 51.7 Å². The molecule has 0 amide bonds. The van der Waals surface area contributed by atoms with Gasteiger partial charge >= 0.3 is 6.18 Å². The number of alkyl halides is 3. The molecule has 15 heavy (non-hydrogen) atoms. The largest absolute Gasteiger partial charge is 0.401 e. The summed E-state index contributed by atoms with van der Waals surface area (Å²) >= 11 is 0. The lowest BCUT2D eigenvalue weighted by molar-refractivity contribution is -0.126. The fourth-order valence-electron chi connectivity index (χ4n) is 2.25. The lowest BCUT2D eigenvalue weighted by Gasteiger charge is -2.31. The van der Waals surface area contributed by atoms with Crippen LogP contribution in [-0.2, 0) is 0 Å². The summed E-state index contributed by atoms with van der Waals surface area (Å²) in [6.45, 7) is 3.53. The van der Waals surface area contributed by atoms with Gasteiger partial charge < -0.3 is 5.32 Å². The lowest BCUT2D eigenvalue weighted by Crippen LogP contribution is -2.39. The van der Waals surface area contributed by atoms with Crippen molar-refractivity contribution < 1.29 is 13.2 Å². The summed E-state index contributed by atoms with van der Waals surface area (Å²) in [4.78, 5) is 0. The van der Waals surface area contributed by atoms with E-state index in [-0.39, 0.29) is 6.04 Å². The first-order chi connectivity index (χ1) is 6.88. The number of rotatable bonds is 3. The Balaban J connectivity index is 2.20. The monoisotopic (exact) mass is 223 g/mol. The standard InChI is InChI=1S/C11H20F3N/c1-8(2)9-3-5-10(6-4-9)15-7-11(12,13)14/h8-10,15H,3-7H2,1-2H3. The smallest absolute Gasteiger partial charge is 0.306 e. The van der Waals surface area contributed by atoms with Crippen molar-refractivity contribution in [1.29, 1.82) is 0 Å². The maximum atomic E-state index is 12.0. The minimum Gasteiger partial charge on any atom is -0.306 e. The van der Waals surface area contributed by atoms with Crippen LogP contribution in [-0.4, -0.2) is 18.8 Å². The van der Waals surface area contributed by atoms with Gasteiger partial charge in [0.2, 0.25) is 0 Å². The highest BCUT2D eigenvalue weighted by molar-refractivity contribution is 4.79. The molecule has 4 heteroatoms. The van der Waals surface area contributed by atoms with Crippen molar-refractivity contribution >= 4 is 0 Å². The molecule has 0 spiro atoms. The van der Waals surface area contributed by atoms with Gasteiger partial charge in [0.15, 0.2) is 0 Å². The van der Waals surface area contributed by atoms with E-state index in [0.717, 1.165) is 25.7 Å². The molecule has 0 aromatic heterocycles. The molecule has 0 aromatic carbocycles. The SMILES string of the molecule is CC(C)C1CCC(NCC(F)(F)F)CC1. The summed E-state index contributed by atoms with van der Waals surface area (Å²) in [5, 5.41) is 2.60. The third-order valence-electron chi connectivity index (χ3n) is 3.31. The molecule has 1 nitrogen and oxygen atoms in total. The summed E-state index contributed by atoms with van der Waals surface area (Å²) in [6.07, 6.45) is -0.173. The average Bonchev–Trinajstić information content (AvgIpc) is 2.14. The summed E-state index contributed by atoms with van der Waals surface area (Å²) in [6, 6.07) is 0.0709. The zero-order chi connectivity index (χ0) is 11.5. The van der Waals surface area contributed by atoms with Crippen LogP contribution in [0, 0.1) is 11.8 Å². The van der Waals surface area contributed by atoms with Crippen LogP contribution in [0.5, 0.6) is 0 Å². The van der Waals surface area contributed by atoms with E-state index in [2.05, 4.69) is 19.2 Å². The first kappa shape index (κ1) is 12.8. The van der Waals surface area contributed by atoms with Crippen molar-refractivity contribution in [1.82, 2.24) is 5.32 Å². The van der Waals surface area contributed by atoms with E-state index >= 15 is 0 Å². The molecule has 1 aliphatic rings. The molecule has 0 atom stereocenters. The van der Waals surface area contributed by atoms with Gasteiger partial charge in [-0.25, -0.2) is 0 Å². The zero-order valence-corrected chi connectivity index (χ0v) is 9.40. The molecule has 0 aromatic rings. The maximum Gasteiger partial charge on any atom is 0.401 e. The maximum absolute atomic E-state index is 12.0. The first-order valence-corrected chi connectivity index (χ1v) is 5.68. The molecule has 1 fully saturated rings. The molecule has 1 rings (SSSR count). The minimum absolute atomic E-state index is 0.0709. The van der Waals surface area contributed by atoms with Crippen LogP contribution in [0.4, 0.5) is 13.2 Å². The molecule has 0 unspecified atom stereocenters. The molecular formula is C11H20F3N. The summed E-state index contributed by atoms with van der Waals surface area (Å²) < 4.78 is 35.9. The van der Waals surface area contributed by atoms with Gasteiger partial charge in [-0.2, -0.15) is 13.2 Å². The van der Waals surface area contributed by atoms with E-state index in [1.165, 1.54) is 0 Å². The lowest BCUT2D eigenvalue weighted by atomic mass is 9.80. The minimum atomic E-state index is -4.07. The topological polar surface area (TPSA) is 12.0 Å². The Morgan fingerprint density at radius 1 is 1.13 bits per heavy atom. The molecule has 1 saturated carbocycles. The quantitative estimate of drug-likeness (QED) is 0.773. The Labute approximate surface area is 89.4 Å². The van der Waals surface area contributed by atoms with Gasteiger partial charge in [-0.05, 0) is 37.5 Å². The van der Waals surface area contributed by atoms with Gasteiger partial charge in [0.05, 0.1) is 6.54 Å². The number of hydrogen-bond acceptors (Lipinski definition) is 1. The van der Waals surface area contributed by atoms with Crippen LogP contribution in [0.1, 0.15) is 39.5 Å². The van der Waals surface area contributed by atoms with Gasteiger partial charge in [-0.3, -0.25) is 0 Å². The molecule has 0 aliphatic heterocycles. The van der Waals surface area contributed by atoms with Crippen molar-refractivity contribution in [3.8, 4) is 0 Å². The average molecular weight is 223 g/mol. The van der Waals surface area contributed by atoms with Crippen molar-refractivity contribution in [2.75, 3.05) is 6.54 Å². The summed E-state index contributed by atoms with van der Waals surface area (Å²) in [5.41, 5.74) is 0. The second-order valence-corrected chi connectivity index (χ2v) is 4.85. The normalized spacial score (nSPS) is 28.4. The molecule has 1 aliphatic carbocycles. The van der Waals surface area contributed by atoms with E-state index in [4.69, 9.17) is 0 Å². The Hall–Kier alpha value is -0.250. The van der Waals surface area contributed by atoms with Crippen molar-refractivity contribution in [2.24, 2.45) is 11.8 Å². The highest BCUT2D eigenvalue weighted by Gasteiger charge is 2.29. The molecule has 0 radical (unpaired) electrons. The van der Waals surface area contributed by atoms with Gasteiger partial charge in [-0.1, -0.05) is 13.8 Å². The zero-order valence-electron chi connectivity index (χ0n) is 9.40. The number of nitrogens with one attached hydrogen (secondary N) is 1. The third-order valence-corrected chi connectivity index (χ3v) is 3.31. The van der Waals surface area contributed by atoms with E-state index in [1.54, 1.807) is 0 Å². The highest BCUT2D eigenvalue weighted by Crippen LogP contribution is 2.30. The van der Waals surface area contributed by atoms with Gasteiger partial charge in [0, 0.05) is 6.04 Å². The van der Waals surface area contributed by atoms with E-state index in [1.807, 2.05) is 0 Å². The van der Waals surface area contributed by atoms with E-state index < -0.39 is 12.7 Å². The Morgan fingerprint density at radius 2 is 1.67 bits per heavy atom. The van der Waals surface area contributed by atoms with Crippen LogP contribution in [0.3, 0.4) is 0 Å². The fourth-order valence-corrected chi connectivity index (χ4v) is 2.25. The van der Waals surface area contributed by atoms with Crippen molar-refractivity contribution in [3.05, 3.63) is 0 Å². The van der Waals surface area contributed by atoms with Crippen LogP contribution < -0.4 is 5.32 Å². The molecule has 90 valence electrons. The van der Waals surface area contributed by atoms with Gasteiger partial charge in [-0.15, -0.1) is 0 Å². The Bertz CT molecular complexity index is 181. The van der Waals surface area contributed by atoms with E-state index in [9.17, 15) is 13.2 Å². The molecule has 0 heterocycles. The van der Waals surface area contributed by atoms with E-state index in [0.29, 0.717) is 11.8 Å².